The van der Waals surface area contributed by atoms with Gasteiger partial charge in [0.15, 0.2) is 12.6 Å². The Hall–Kier alpha value is -1.81. The Morgan fingerprint density at radius 1 is 1.15 bits per heavy atom. The number of hydrogen-bond donors (Lipinski definition) is 3. The molecule has 6 nitrogen and oxygen atoms in total. The number of carbonyl (C=O) groups is 1. The molecule has 8 heteroatoms. The van der Waals surface area contributed by atoms with Crippen molar-refractivity contribution in [3.8, 4) is 5.75 Å². The largest absolute Gasteiger partial charge is 0.484 e. The third-order valence-corrected chi connectivity index (χ3v) is 4.41. The second-order valence-electron chi connectivity index (χ2n) is 5.40. The number of nitrogens with two attached hydrogens (primary N) is 1. The highest BCUT2D eigenvalue weighted by Gasteiger charge is 2.01. The van der Waals surface area contributed by atoms with Crippen molar-refractivity contribution in [2.24, 2.45) is 10.7 Å². The third kappa shape index (κ3) is 8.52. The first kappa shape index (κ1) is 22.2. The van der Waals surface area contributed by atoms with Crippen LogP contribution in [0.25, 0.3) is 0 Å². The molecule has 0 aliphatic carbocycles. The Labute approximate surface area is 175 Å². The van der Waals surface area contributed by atoms with Gasteiger partial charge in [0, 0.05) is 25.0 Å². The summed E-state index contributed by atoms with van der Waals surface area (Å²) in [6.07, 6.45) is 1.85. The molecule has 0 fully saturated rings. The van der Waals surface area contributed by atoms with Gasteiger partial charge in [0.1, 0.15) is 5.75 Å². The first-order valence-electron chi connectivity index (χ1n) is 8.14. The van der Waals surface area contributed by atoms with Gasteiger partial charge < -0.3 is 21.1 Å². The zero-order chi connectivity index (χ0) is 17.9. The second-order valence-corrected chi connectivity index (χ2v) is 6.44. The van der Waals surface area contributed by atoms with Gasteiger partial charge in [0.25, 0.3) is 5.91 Å². The molecule has 0 saturated carbocycles. The van der Waals surface area contributed by atoms with E-state index in [0.29, 0.717) is 5.75 Å². The van der Waals surface area contributed by atoms with E-state index in [4.69, 9.17) is 10.5 Å². The van der Waals surface area contributed by atoms with Crippen LogP contribution in [0, 0.1) is 0 Å². The summed E-state index contributed by atoms with van der Waals surface area (Å²) in [6, 6.07) is 11.8. The predicted molar refractivity (Wildman–Crippen MR) is 118 cm³/mol. The van der Waals surface area contributed by atoms with E-state index in [-0.39, 0.29) is 30.6 Å². The fraction of sp³-hybridized carbons (Fsp3) is 0.333. The van der Waals surface area contributed by atoms with Gasteiger partial charge in [0.2, 0.25) is 0 Å². The number of halogens is 1. The molecule has 0 unspecified atom stereocenters. The van der Waals surface area contributed by atoms with Gasteiger partial charge in [0.05, 0.1) is 0 Å². The molecular weight excluding hydrogens is 463 g/mol. The van der Waals surface area contributed by atoms with Crippen LogP contribution in [0.15, 0.2) is 46.8 Å². The van der Waals surface area contributed by atoms with Gasteiger partial charge in [-0.3, -0.25) is 9.79 Å². The van der Waals surface area contributed by atoms with Crippen molar-refractivity contribution in [1.82, 2.24) is 10.6 Å². The first-order chi connectivity index (χ1) is 12.2. The smallest absolute Gasteiger partial charge is 0.255 e. The van der Waals surface area contributed by atoms with Crippen LogP contribution in [0.5, 0.6) is 5.75 Å². The van der Waals surface area contributed by atoms with Crippen molar-refractivity contribution in [3.05, 3.63) is 52.2 Å². The number of hydrogen-bond acceptors (Lipinski definition) is 4. The molecule has 0 bridgehead atoms. The van der Waals surface area contributed by atoms with Crippen LogP contribution in [0.4, 0.5) is 0 Å². The van der Waals surface area contributed by atoms with E-state index in [1.54, 1.807) is 18.4 Å². The number of nitrogens with one attached hydrogen (secondary N) is 2. The fourth-order valence-corrected chi connectivity index (χ4v) is 2.92. The summed E-state index contributed by atoms with van der Waals surface area (Å²) in [5.41, 5.74) is 6.22. The number of ether oxygens (including phenoxy) is 1. The van der Waals surface area contributed by atoms with Crippen LogP contribution in [-0.2, 0) is 17.6 Å². The van der Waals surface area contributed by atoms with E-state index in [1.165, 1.54) is 10.4 Å². The summed E-state index contributed by atoms with van der Waals surface area (Å²) in [4.78, 5) is 16.3. The maximum Gasteiger partial charge on any atom is 0.255 e. The van der Waals surface area contributed by atoms with E-state index in [1.807, 2.05) is 24.3 Å². The highest BCUT2D eigenvalue weighted by atomic mass is 127. The summed E-state index contributed by atoms with van der Waals surface area (Å²) in [5.74, 6) is 0.964. The van der Waals surface area contributed by atoms with Crippen molar-refractivity contribution in [1.29, 1.82) is 0 Å². The lowest BCUT2D eigenvalue weighted by atomic mass is 10.1. The van der Waals surface area contributed by atoms with Crippen molar-refractivity contribution in [2.45, 2.75) is 12.8 Å². The topological polar surface area (TPSA) is 88.7 Å². The number of guanidine groups is 1. The molecule has 0 radical (unpaired) electrons. The number of rotatable bonds is 9. The molecule has 4 N–H and O–H groups in total. The van der Waals surface area contributed by atoms with Gasteiger partial charge in [-0.2, -0.15) is 0 Å². The van der Waals surface area contributed by atoms with Gasteiger partial charge in [-0.15, -0.1) is 35.3 Å². The van der Waals surface area contributed by atoms with E-state index in [2.05, 4.69) is 33.1 Å². The predicted octanol–water partition coefficient (Wildman–Crippen LogP) is 2.18. The lowest BCUT2D eigenvalue weighted by Gasteiger charge is -2.11. The molecule has 0 atom stereocenters. The number of thiophene rings is 1. The normalized spacial score (nSPS) is 10.7. The summed E-state index contributed by atoms with van der Waals surface area (Å²) in [7, 11) is 1.77. The van der Waals surface area contributed by atoms with Crippen LogP contribution in [0.2, 0.25) is 0 Å². The Morgan fingerprint density at radius 2 is 1.85 bits per heavy atom. The maximum absolute atomic E-state index is 10.7. The minimum Gasteiger partial charge on any atom is -0.484 e. The molecule has 0 saturated heterocycles. The SMILES string of the molecule is CN=C(NCCc1ccc(OCC(N)=O)cc1)NCCc1cccs1.I. The fourth-order valence-electron chi connectivity index (χ4n) is 2.21. The maximum atomic E-state index is 10.7. The molecule has 1 aromatic heterocycles. The van der Waals surface area contributed by atoms with Crippen LogP contribution in [0.1, 0.15) is 10.4 Å². The summed E-state index contributed by atoms with van der Waals surface area (Å²) >= 11 is 1.77. The summed E-state index contributed by atoms with van der Waals surface area (Å²) in [5, 5.41) is 8.70. The van der Waals surface area contributed by atoms with Gasteiger partial charge in [-0.1, -0.05) is 18.2 Å². The van der Waals surface area contributed by atoms with Crippen LogP contribution >= 0.6 is 35.3 Å². The van der Waals surface area contributed by atoms with Crippen LogP contribution < -0.4 is 21.1 Å². The van der Waals surface area contributed by atoms with Crippen LogP contribution in [-0.4, -0.2) is 38.6 Å². The molecule has 2 rings (SSSR count). The number of primary amides is 1. The second kappa shape index (κ2) is 12.5. The highest BCUT2D eigenvalue weighted by molar-refractivity contribution is 14.0. The quantitative estimate of drug-likeness (QED) is 0.287. The molecule has 142 valence electrons. The van der Waals surface area contributed by atoms with Crippen molar-refractivity contribution in [3.63, 3.8) is 0 Å². The number of benzene rings is 1. The Kier molecular flexibility index (Phi) is 10.7. The summed E-state index contributed by atoms with van der Waals surface area (Å²) < 4.78 is 5.24. The molecular formula is C18H25IN4O2S. The molecule has 1 amide bonds. The highest BCUT2D eigenvalue weighted by Crippen LogP contribution is 2.12. The average Bonchev–Trinajstić information content (AvgIpc) is 3.13. The lowest BCUT2D eigenvalue weighted by molar-refractivity contribution is -0.119. The van der Waals surface area contributed by atoms with E-state index in [9.17, 15) is 4.79 Å². The molecule has 2 aromatic rings. The number of carbonyl (C=O) groups excluding carboxylic acids is 1. The van der Waals surface area contributed by atoms with Gasteiger partial charge in [-0.25, -0.2) is 0 Å². The van der Waals surface area contributed by atoms with E-state index >= 15 is 0 Å². The molecule has 1 aromatic carbocycles. The summed E-state index contributed by atoms with van der Waals surface area (Å²) in [6.45, 7) is 1.53. The zero-order valence-corrected chi connectivity index (χ0v) is 17.9. The Bertz CT molecular complexity index is 675. The molecule has 0 aliphatic rings. The number of aliphatic imine (C=N–C) groups is 1. The number of nitrogens with zero attached hydrogens (tertiary/aromatic N) is 1. The van der Waals surface area contributed by atoms with Crippen molar-refractivity contribution < 1.29 is 9.53 Å². The standard InChI is InChI=1S/C18H24N4O2S.HI/c1-20-18(22-11-9-16-3-2-12-25-16)21-10-8-14-4-6-15(7-5-14)24-13-17(19)23;/h2-7,12H,8-11,13H2,1H3,(H2,19,23)(H2,20,21,22);1H. The molecule has 26 heavy (non-hydrogen) atoms. The minimum atomic E-state index is -0.480. The lowest BCUT2D eigenvalue weighted by Crippen LogP contribution is -2.39. The Morgan fingerprint density at radius 3 is 2.42 bits per heavy atom. The monoisotopic (exact) mass is 488 g/mol. The van der Waals surface area contributed by atoms with Crippen molar-refractivity contribution >= 4 is 47.2 Å². The average molecular weight is 488 g/mol. The van der Waals surface area contributed by atoms with E-state index < -0.39 is 5.91 Å². The van der Waals surface area contributed by atoms with E-state index in [0.717, 1.165) is 31.9 Å². The first-order valence-corrected chi connectivity index (χ1v) is 9.02. The third-order valence-electron chi connectivity index (χ3n) is 3.48. The molecule has 1 heterocycles. The molecule has 0 spiro atoms. The minimum absolute atomic E-state index is 0. The number of amides is 1. The zero-order valence-electron chi connectivity index (χ0n) is 14.7. The Balaban J connectivity index is 0.00000338. The van der Waals surface area contributed by atoms with Crippen LogP contribution in [0.3, 0.4) is 0 Å². The van der Waals surface area contributed by atoms with Crippen molar-refractivity contribution in [2.75, 3.05) is 26.7 Å². The van der Waals surface area contributed by atoms with Gasteiger partial charge in [-0.05, 0) is 42.0 Å². The molecule has 0 aliphatic heterocycles. The van der Waals surface area contributed by atoms with Gasteiger partial charge >= 0.3 is 0 Å².